The second kappa shape index (κ2) is 2.61. The lowest BCUT2D eigenvalue weighted by Crippen LogP contribution is -2.58. The van der Waals surface area contributed by atoms with Crippen molar-refractivity contribution in [3.8, 4) is 0 Å². The highest BCUT2D eigenvalue weighted by molar-refractivity contribution is 5.88. The minimum absolute atomic E-state index is 0.453. The van der Waals surface area contributed by atoms with Crippen molar-refractivity contribution >= 4 is 12.1 Å². The predicted octanol–water partition coefficient (Wildman–Crippen LogP) is 0.738. The lowest BCUT2D eigenvalue weighted by molar-refractivity contribution is -0.149. The Labute approximate surface area is 76.1 Å². The first-order valence-corrected chi connectivity index (χ1v) is 4.10. The van der Waals surface area contributed by atoms with Crippen LogP contribution < -0.4 is 5.32 Å². The van der Waals surface area contributed by atoms with E-state index in [4.69, 9.17) is 9.84 Å². The van der Waals surface area contributed by atoms with E-state index in [1.165, 1.54) is 6.92 Å². The molecule has 0 saturated carbocycles. The number of rotatable bonds is 2. The minimum Gasteiger partial charge on any atom is -0.479 e. The lowest BCUT2D eigenvalue weighted by atomic mass is 9.81. The van der Waals surface area contributed by atoms with Gasteiger partial charge in [0.15, 0.2) is 5.54 Å². The van der Waals surface area contributed by atoms with Crippen LogP contribution in [0.25, 0.3) is 0 Å². The fourth-order valence-corrected chi connectivity index (χ4v) is 1.37. The summed E-state index contributed by atoms with van der Waals surface area (Å²) in [5, 5.41) is 11.3. The fourth-order valence-electron chi connectivity index (χ4n) is 1.37. The van der Waals surface area contributed by atoms with Gasteiger partial charge >= 0.3 is 12.1 Å². The molecule has 74 valence electrons. The summed E-state index contributed by atoms with van der Waals surface area (Å²) in [6.45, 7) is 4.84. The van der Waals surface area contributed by atoms with Crippen molar-refractivity contribution in [2.75, 3.05) is 0 Å². The molecule has 1 fully saturated rings. The highest BCUT2D eigenvalue weighted by atomic mass is 16.6. The first-order valence-electron chi connectivity index (χ1n) is 4.10. The highest BCUT2D eigenvalue weighted by Gasteiger charge is 2.58. The number of cyclic esters (lactones) is 1. The van der Waals surface area contributed by atoms with Gasteiger partial charge in [0, 0.05) is 0 Å². The van der Waals surface area contributed by atoms with Crippen molar-refractivity contribution in [1.29, 1.82) is 0 Å². The van der Waals surface area contributed by atoms with Crippen molar-refractivity contribution in [1.82, 2.24) is 5.32 Å². The van der Waals surface area contributed by atoms with Crippen LogP contribution in [-0.2, 0) is 9.53 Å². The normalized spacial score (nSPS) is 38.2. The molecule has 1 amide bonds. The molecular weight excluding hydrogens is 174 g/mol. The Kier molecular flexibility index (Phi) is 1.98. The monoisotopic (exact) mass is 187 g/mol. The summed E-state index contributed by atoms with van der Waals surface area (Å²) >= 11 is 0. The molecule has 1 aliphatic rings. The Morgan fingerprint density at radius 1 is 1.62 bits per heavy atom. The molecule has 0 bridgehead atoms. The first-order chi connectivity index (χ1) is 5.85. The molecule has 0 spiro atoms. The van der Waals surface area contributed by atoms with Gasteiger partial charge in [0.25, 0.3) is 0 Å². The van der Waals surface area contributed by atoms with Crippen LogP contribution in [0, 0.1) is 0 Å². The summed E-state index contributed by atoms with van der Waals surface area (Å²) in [4.78, 5) is 21.9. The Morgan fingerprint density at radius 2 is 2.15 bits per heavy atom. The first kappa shape index (κ1) is 9.83. The van der Waals surface area contributed by atoms with Gasteiger partial charge < -0.3 is 15.2 Å². The zero-order chi connectivity index (χ0) is 10.3. The third-order valence-electron chi connectivity index (χ3n) is 2.83. The molecular formula is C8H13NO4. The van der Waals surface area contributed by atoms with Crippen LogP contribution in [0.1, 0.15) is 27.2 Å². The zero-order valence-electron chi connectivity index (χ0n) is 7.88. The predicted molar refractivity (Wildman–Crippen MR) is 44.4 cm³/mol. The van der Waals surface area contributed by atoms with E-state index in [0.29, 0.717) is 6.42 Å². The molecule has 0 aromatic heterocycles. The van der Waals surface area contributed by atoms with E-state index in [1.807, 2.05) is 0 Å². The molecule has 0 aliphatic carbocycles. The van der Waals surface area contributed by atoms with Crippen LogP contribution in [-0.4, -0.2) is 28.3 Å². The van der Waals surface area contributed by atoms with Gasteiger partial charge in [-0.05, 0) is 20.3 Å². The molecule has 5 nitrogen and oxygen atoms in total. The van der Waals surface area contributed by atoms with Crippen molar-refractivity contribution in [3.63, 3.8) is 0 Å². The number of carbonyl (C=O) groups is 2. The maximum Gasteiger partial charge on any atom is 0.408 e. The molecule has 1 saturated heterocycles. The molecule has 2 atom stereocenters. The van der Waals surface area contributed by atoms with Crippen LogP contribution in [0.4, 0.5) is 4.79 Å². The summed E-state index contributed by atoms with van der Waals surface area (Å²) in [5.41, 5.74) is -2.31. The lowest BCUT2D eigenvalue weighted by Gasteiger charge is -2.32. The van der Waals surface area contributed by atoms with Gasteiger partial charge in [-0.2, -0.15) is 0 Å². The molecule has 13 heavy (non-hydrogen) atoms. The molecule has 1 rings (SSSR count). The number of nitrogens with one attached hydrogen (secondary N) is 1. The standard InChI is InChI=1S/C8H13NO4/c1-4-7(2)8(3,5(10)11)9-6(12)13-7/h4H2,1-3H3,(H,9,12)(H,10,11). The molecule has 0 aromatic rings. The quantitative estimate of drug-likeness (QED) is 0.668. The smallest absolute Gasteiger partial charge is 0.408 e. The average molecular weight is 187 g/mol. The largest absolute Gasteiger partial charge is 0.479 e. The van der Waals surface area contributed by atoms with Gasteiger partial charge in [-0.25, -0.2) is 9.59 Å². The van der Waals surface area contributed by atoms with Crippen molar-refractivity contribution in [2.24, 2.45) is 0 Å². The fraction of sp³-hybridized carbons (Fsp3) is 0.750. The molecule has 1 heterocycles. The molecule has 2 unspecified atom stereocenters. The second-order valence-electron chi connectivity index (χ2n) is 3.53. The third-order valence-corrected chi connectivity index (χ3v) is 2.83. The maximum absolute atomic E-state index is 10.9. The summed E-state index contributed by atoms with van der Waals surface area (Å²) < 4.78 is 4.94. The van der Waals surface area contributed by atoms with Crippen molar-refractivity contribution < 1.29 is 19.4 Å². The highest BCUT2D eigenvalue weighted by Crippen LogP contribution is 2.34. The summed E-state index contributed by atoms with van der Waals surface area (Å²) in [6, 6.07) is 0. The van der Waals surface area contributed by atoms with E-state index in [-0.39, 0.29) is 0 Å². The SMILES string of the molecule is CCC1(C)OC(=O)NC1(C)C(=O)O. The molecule has 5 heteroatoms. The van der Waals surface area contributed by atoms with Crippen molar-refractivity contribution in [3.05, 3.63) is 0 Å². The number of aliphatic carboxylic acids is 1. The number of carboxylic acids is 1. The van der Waals surface area contributed by atoms with E-state index < -0.39 is 23.2 Å². The maximum atomic E-state index is 10.9. The Hall–Kier alpha value is -1.26. The van der Waals surface area contributed by atoms with E-state index in [9.17, 15) is 9.59 Å². The van der Waals surface area contributed by atoms with Gasteiger partial charge in [-0.1, -0.05) is 6.92 Å². The molecule has 2 N–H and O–H groups in total. The number of hydrogen-bond donors (Lipinski definition) is 2. The van der Waals surface area contributed by atoms with E-state index in [0.717, 1.165) is 0 Å². The van der Waals surface area contributed by atoms with Crippen LogP contribution >= 0.6 is 0 Å². The van der Waals surface area contributed by atoms with E-state index in [2.05, 4.69) is 5.32 Å². The molecule has 1 aliphatic heterocycles. The van der Waals surface area contributed by atoms with Crippen LogP contribution in [0.5, 0.6) is 0 Å². The van der Waals surface area contributed by atoms with E-state index >= 15 is 0 Å². The minimum atomic E-state index is -1.33. The van der Waals surface area contributed by atoms with Crippen molar-refractivity contribution in [2.45, 2.75) is 38.3 Å². The number of amides is 1. The third kappa shape index (κ3) is 1.15. The summed E-state index contributed by atoms with van der Waals surface area (Å²) in [6.07, 6.45) is -0.219. The number of carboxylic acid groups (broad SMARTS) is 1. The number of carbonyl (C=O) groups excluding carboxylic acids is 1. The Bertz CT molecular complexity index is 265. The second-order valence-corrected chi connectivity index (χ2v) is 3.53. The summed E-state index contributed by atoms with van der Waals surface area (Å²) in [5.74, 6) is -1.08. The van der Waals surface area contributed by atoms with E-state index in [1.54, 1.807) is 13.8 Å². The van der Waals surface area contributed by atoms with Crippen LogP contribution in [0.3, 0.4) is 0 Å². The number of ether oxygens (including phenoxy) is 1. The van der Waals surface area contributed by atoms with Gasteiger partial charge in [-0.15, -0.1) is 0 Å². The van der Waals surface area contributed by atoms with Gasteiger partial charge in [0.2, 0.25) is 0 Å². The topological polar surface area (TPSA) is 75.6 Å². The molecule has 0 radical (unpaired) electrons. The van der Waals surface area contributed by atoms with Gasteiger partial charge in [0.1, 0.15) is 5.60 Å². The number of alkyl carbamates (subject to hydrolysis) is 1. The average Bonchev–Trinajstić information content (AvgIpc) is 2.25. The Morgan fingerprint density at radius 3 is 2.46 bits per heavy atom. The van der Waals surface area contributed by atoms with Gasteiger partial charge in [-0.3, -0.25) is 0 Å². The van der Waals surface area contributed by atoms with Crippen LogP contribution in [0.15, 0.2) is 0 Å². The molecule has 0 aromatic carbocycles. The van der Waals surface area contributed by atoms with Gasteiger partial charge in [0.05, 0.1) is 0 Å². The van der Waals surface area contributed by atoms with Crippen LogP contribution in [0.2, 0.25) is 0 Å². The Balaban J connectivity index is 3.09. The zero-order valence-corrected chi connectivity index (χ0v) is 7.88. The summed E-state index contributed by atoms with van der Waals surface area (Å²) in [7, 11) is 0. The number of hydrogen-bond acceptors (Lipinski definition) is 3.